The van der Waals surface area contributed by atoms with Gasteiger partial charge in [0.05, 0.1) is 18.9 Å². The maximum Gasteiger partial charge on any atom is 0.405 e. The average molecular weight is 556 g/mol. The first-order valence-corrected chi connectivity index (χ1v) is 12.5. The van der Waals surface area contributed by atoms with Gasteiger partial charge in [-0.15, -0.1) is 0 Å². The number of para-hydroxylation sites is 1. The largest absolute Gasteiger partial charge is 0.405 e. The van der Waals surface area contributed by atoms with E-state index >= 15 is 0 Å². The van der Waals surface area contributed by atoms with Crippen molar-refractivity contribution in [3.8, 4) is 11.1 Å². The number of hydrogen-bond donors (Lipinski definition) is 3. The van der Waals surface area contributed by atoms with Crippen LogP contribution in [0.3, 0.4) is 0 Å². The summed E-state index contributed by atoms with van der Waals surface area (Å²) in [6, 6.07) is 22.1. The van der Waals surface area contributed by atoms with Gasteiger partial charge < -0.3 is 25.4 Å². The standard InChI is InChI=1S/C29H28F3N3O5/c1-28(39,26(37)33-18-29(30,31)32)27(38)34-24-22-13-6-5-11-20(22)21-12-7-8-14-23(21)35(25(24)36)15-16-40-17-19-9-3-2-4-10-19/h2-14,24,39H,15-18H2,1H3,(H,33,37)(H,34,38)/t24-,28-/m0/s1. The molecule has 0 bridgehead atoms. The van der Waals surface area contributed by atoms with Crippen LogP contribution in [0.4, 0.5) is 18.9 Å². The lowest BCUT2D eigenvalue weighted by Crippen LogP contribution is -2.58. The zero-order chi connectivity index (χ0) is 28.9. The minimum atomic E-state index is -4.74. The second kappa shape index (κ2) is 11.9. The van der Waals surface area contributed by atoms with E-state index in [4.69, 9.17) is 4.74 Å². The van der Waals surface area contributed by atoms with Crippen LogP contribution < -0.4 is 15.5 Å². The summed E-state index contributed by atoms with van der Waals surface area (Å²) in [4.78, 5) is 40.8. The molecule has 2 atom stereocenters. The van der Waals surface area contributed by atoms with Gasteiger partial charge in [0.1, 0.15) is 12.6 Å². The number of carbonyl (C=O) groups is 3. The molecule has 11 heteroatoms. The van der Waals surface area contributed by atoms with E-state index in [9.17, 15) is 32.7 Å². The van der Waals surface area contributed by atoms with E-state index in [2.05, 4.69) is 5.32 Å². The van der Waals surface area contributed by atoms with Crippen LogP contribution in [0.25, 0.3) is 11.1 Å². The molecule has 40 heavy (non-hydrogen) atoms. The number of carbonyl (C=O) groups excluding carboxylic acids is 3. The number of anilines is 1. The third kappa shape index (κ3) is 6.49. The molecule has 0 unspecified atom stereocenters. The Hall–Kier alpha value is -4.22. The molecular weight excluding hydrogens is 527 g/mol. The van der Waals surface area contributed by atoms with E-state index < -0.39 is 42.1 Å². The molecule has 3 amide bonds. The van der Waals surface area contributed by atoms with E-state index in [1.807, 2.05) is 36.4 Å². The topological polar surface area (TPSA) is 108 Å². The Morgan fingerprint density at radius 2 is 1.55 bits per heavy atom. The van der Waals surface area contributed by atoms with Gasteiger partial charge in [-0.25, -0.2) is 0 Å². The van der Waals surface area contributed by atoms with Crippen molar-refractivity contribution in [1.29, 1.82) is 0 Å². The Kier molecular flexibility index (Phi) is 8.55. The Balaban J connectivity index is 1.60. The van der Waals surface area contributed by atoms with Crippen molar-refractivity contribution < 1.29 is 37.4 Å². The number of halogens is 3. The molecule has 3 N–H and O–H groups in total. The van der Waals surface area contributed by atoms with Gasteiger partial charge in [0.2, 0.25) is 5.60 Å². The Morgan fingerprint density at radius 1 is 0.925 bits per heavy atom. The second-order valence-corrected chi connectivity index (χ2v) is 9.41. The highest BCUT2D eigenvalue weighted by Crippen LogP contribution is 2.40. The van der Waals surface area contributed by atoms with Crippen LogP contribution in [0.5, 0.6) is 0 Å². The van der Waals surface area contributed by atoms with Gasteiger partial charge >= 0.3 is 6.18 Å². The van der Waals surface area contributed by atoms with E-state index in [0.29, 0.717) is 29.0 Å². The molecule has 3 aromatic rings. The molecule has 1 aliphatic rings. The molecule has 0 aromatic heterocycles. The smallest absolute Gasteiger partial charge is 0.375 e. The van der Waals surface area contributed by atoms with Gasteiger partial charge in [-0.05, 0) is 29.7 Å². The molecular formula is C29H28F3N3O5. The van der Waals surface area contributed by atoms with Gasteiger partial charge in [0.15, 0.2) is 0 Å². The van der Waals surface area contributed by atoms with Crippen molar-refractivity contribution in [2.45, 2.75) is 31.3 Å². The van der Waals surface area contributed by atoms with E-state index in [1.54, 1.807) is 42.5 Å². The summed E-state index contributed by atoms with van der Waals surface area (Å²) in [5, 5.41) is 14.5. The zero-order valence-corrected chi connectivity index (χ0v) is 21.6. The van der Waals surface area contributed by atoms with Crippen molar-refractivity contribution in [2.24, 2.45) is 0 Å². The van der Waals surface area contributed by atoms with Crippen LogP contribution in [0.2, 0.25) is 0 Å². The molecule has 210 valence electrons. The Labute approximate surface area is 228 Å². The molecule has 8 nitrogen and oxygen atoms in total. The van der Waals surface area contributed by atoms with Crippen molar-refractivity contribution in [1.82, 2.24) is 10.6 Å². The summed E-state index contributed by atoms with van der Waals surface area (Å²) in [7, 11) is 0. The number of nitrogens with zero attached hydrogens (tertiary/aromatic N) is 1. The van der Waals surface area contributed by atoms with Gasteiger partial charge in [-0.3, -0.25) is 14.4 Å². The fraction of sp³-hybridized carbons (Fsp3) is 0.276. The van der Waals surface area contributed by atoms with Crippen LogP contribution in [0.1, 0.15) is 24.1 Å². The number of fused-ring (bicyclic) bond motifs is 3. The number of amides is 3. The number of nitrogens with one attached hydrogen (secondary N) is 2. The molecule has 0 fully saturated rings. The lowest BCUT2D eigenvalue weighted by molar-refractivity contribution is -0.158. The van der Waals surface area contributed by atoms with Gasteiger partial charge in [0.25, 0.3) is 17.7 Å². The van der Waals surface area contributed by atoms with E-state index in [-0.39, 0.29) is 13.2 Å². The predicted octanol–water partition coefficient (Wildman–Crippen LogP) is 3.50. The lowest BCUT2D eigenvalue weighted by Gasteiger charge is -2.29. The maximum atomic E-state index is 13.9. The van der Waals surface area contributed by atoms with Gasteiger partial charge in [-0.1, -0.05) is 72.8 Å². The van der Waals surface area contributed by atoms with E-state index in [0.717, 1.165) is 12.5 Å². The van der Waals surface area contributed by atoms with Gasteiger partial charge in [-0.2, -0.15) is 13.2 Å². The summed E-state index contributed by atoms with van der Waals surface area (Å²) in [6.45, 7) is -0.368. The highest BCUT2D eigenvalue weighted by atomic mass is 19.4. The summed E-state index contributed by atoms with van der Waals surface area (Å²) in [5.41, 5.74) is 0.367. The Morgan fingerprint density at radius 3 is 2.25 bits per heavy atom. The molecule has 0 aliphatic carbocycles. The molecule has 4 rings (SSSR count). The lowest BCUT2D eigenvalue weighted by atomic mass is 9.94. The first-order valence-electron chi connectivity index (χ1n) is 12.5. The first-order chi connectivity index (χ1) is 19.0. The number of ether oxygens (including phenoxy) is 1. The number of aliphatic hydroxyl groups is 1. The van der Waals surface area contributed by atoms with Crippen molar-refractivity contribution in [3.05, 3.63) is 90.0 Å². The van der Waals surface area contributed by atoms with Crippen molar-refractivity contribution in [2.75, 3.05) is 24.6 Å². The molecule has 0 saturated carbocycles. The number of rotatable bonds is 9. The molecule has 1 aliphatic heterocycles. The second-order valence-electron chi connectivity index (χ2n) is 9.41. The predicted molar refractivity (Wildman–Crippen MR) is 141 cm³/mol. The Bertz CT molecular complexity index is 1380. The number of hydrogen-bond acceptors (Lipinski definition) is 5. The van der Waals surface area contributed by atoms with Gasteiger partial charge in [0, 0.05) is 12.1 Å². The van der Waals surface area contributed by atoms with Crippen LogP contribution in [0, 0.1) is 0 Å². The number of benzene rings is 3. The first kappa shape index (κ1) is 28.8. The van der Waals surface area contributed by atoms with Crippen molar-refractivity contribution in [3.63, 3.8) is 0 Å². The molecule has 0 saturated heterocycles. The third-order valence-corrected chi connectivity index (χ3v) is 6.45. The minimum absolute atomic E-state index is 0.117. The van der Waals surface area contributed by atoms with Crippen LogP contribution in [-0.4, -0.2) is 54.3 Å². The summed E-state index contributed by atoms with van der Waals surface area (Å²) in [6.07, 6.45) is -4.74. The normalized spacial score (nSPS) is 16.3. The zero-order valence-electron chi connectivity index (χ0n) is 21.6. The molecule has 0 spiro atoms. The van der Waals surface area contributed by atoms with Crippen LogP contribution >= 0.6 is 0 Å². The maximum absolute atomic E-state index is 13.9. The molecule has 1 heterocycles. The molecule has 0 radical (unpaired) electrons. The fourth-order valence-electron chi connectivity index (χ4n) is 4.36. The van der Waals surface area contributed by atoms with Crippen LogP contribution in [-0.2, 0) is 25.7 Å². The highest BCUT2D eigenvalue weighted by molar-refractivity contribution is 6.11. The summed E-state index contributed by atoms with van der Waals surface area (Å²) in [5.74, 6) is -3.45. The van der Waals surface area contributed by atoms with Crippen LogP contribution in [0.15, 0.2) is 78.9 Å². The SMILES string of the molecule is C[C@](O)(C(=O)NCC(F)(F)F)C(=O)N[C@@H]1C(=O)N(CCOCc2ccccc2)c2ccccc2-c2ccccc21. The summed E-state index contributed by atoms with van der Waals surface area (Å²) < 4.78 is 43.5. The monoisotopic (exact) mass is 555 g/mol. The summed E-state index contributed by atoms with van der Waals surface area (Å²) >= 11 is 0. The third-order valence-electron chi connectivity index (χ3n) is 6.45. The van der Waals surface area contributed by atoms with E-state index in [1.165, 1.54) is 10.2 Å². The number of alkyl halides is 3. The molecule has 3 aromatic carbocycles. The fourth-order valence-corrected chi connectivity index (χ4v) is 4.36. The van der Waals surface area contributed by atoms with Crippen molar-refractivity contribution >= 4 is 23.4 Å². The minimum Gasteiger partial charge on any atom is -0.375 e. The quantitative estimate of drug-likeness (QED) is 0.277. The average Bonchev–Trinajstić information content (AvgIpc) is 3.03. The highest BCUT2D eigenvalue weighted by Gasteiger charge is 2.44.